The van der Waals surface area contributed by atoms with E-state index in [1.807, 2.05) is 30.3 Å². The van der Waals surface area contributed by atoms with Crippen LogP contribution in [0.1, 0.15) is 48.8 Å². The van der Waals surface area contributed by atoms with Gasteiger partial charge in [-0.15, -0.1) is 6.58 Å². The van der Waals surface area contributed by atoms with Gasteiger partial charge in [-0.3, -0.25) is 9.69 Å². The zero-order valence-electron chi connectivity index (χ0n) is 20.2. The number of rotatable bonds is 8. The Balaban J connectivity index is 1.35. The topological polar surface area (TPSA) is 48.0 Å². The van der Waals surface area contributed by atoms with Crippen LogP contribution in [0.4, 0.5) is 0 Å². The number of hydrogen-bond acceptors (Lipinski definition) is 5. The van der Waals surface area contributed by atoms with Gasteiger partial charge in [0.1, 0.15) is 6.61 Å². The molecule has 2 aromatic rings. The summed E-state index contributed by atoms with van der Waals surface area (Å²) in [7, 11) is 0. The number of ketones is 1. The minimum Gasteiger partial charge on any atom is -0.485 e. The van der Waals surface area contributed by atoms with Crippen LogP contribution in [-0.4, -0.2) is 48.1 Å². The van der Waals surface area contributed by atoms with E-state index in [9.17, 15) is 4.79 Å². The zero-order valence-corrected chi connectivity index (χ0v) is 20.2. The van der Waals surface area contributed by atoms with Crippen molar-refractivity contribution in [2.45, 2.75) is 68.3 Å². The number of carbonyl (C=O) groups excluding carboxylic acids is 1. The van der Waals surface area contributed by atoms with Gasteiger partial charge in [-0.05, 0) is 61.8 Å². The normalized spacial score (nSPS) is 32.6. The molecular formula is C30H33NO4. The molecule has 3 fully saturated rings. The number of likely N-dealkylation sites (tertiary alicyclic amines) is 1. The van der Waals surface area contributed by atoms with Crippen molar-refractivity contribution < 1.29 is 19.0 Å². The molecule has 1 saturated heterocycles. The Bertz CT molecular complexity index is 1170. The molecule has 0 radical (unpaired) electrons. The first-order valence-corrected chi connectivity index (χ1v) is 13.2. The summed E-state index contributed by atoms with van der Waals surface area (Å²) < 4.78 is 19.8. The van der Waals surface area contributed by atoms with Crippen molar-refractivity contribution in [3.05, 3.63) is 71.8 Å². The third-order valence-corrected chi connectivity index (χ3v) is 9.20. The molecule has 2 bridgehead atoms. The van der Waals surface area contributed by atoms with Crippen molar-refractivity contribution in [2.75, 3.05) is 19.7 Å². The van der Waals surface area contributed by atoms with Crippen LogP contribution in [0.2, 0.25) is 0 Å². The van der Waals surface area contributed by atoms with Gasteiger partial charge in [0.05, 0.1) is 17.6 Å². The lowest BCUT2D eigenvalue weighted by Crippen LogP contribution is -2.77. The number of hydrogen-bond donors (Lipinski definition) is 0. The summed E-state index contributed by atoms with van der Waals surface area (Å²) in [5.74, 6) is 2.53. The van der Waals surface area contributed by atoms with Crippen LogP contribution in [0.25, 0.3) is 0 Å². The Labute approximate surface area is 207 Å². The largest absolute Gasteiger partial charge is 0.485 e. The third kappa shape index (κ3) is 3.04. The molecule has 2 heterocycles. The molecule has 5 aliphatic rings. The minimum absolute atomic E-state index is 0.204. The molecule has 2 saturated carbocycles. The fourth-order valence-electron chi connectivity index (χ4n) is 7.58. The fraction of sp³-hybridized carbons (Fsp3) is 0.500. The molecule has 1 unspecified atom stereocenters. The molecule has 2 aromatic carbocycles. The van der Waals surface area contributed by atoms with Crippen molar-refractivity contribution in [3.63, 3.8) is 0 Å². The van der Waals surface area contributed by atoms with Gasteiger partial charge in [0.15, 0.2) is 23.4 Å². The summed E-state index contributed by atoms with van der Waals surface area (Å²) in [5, 5.41) is 0. The summed E-state index contributed by atoms with van der Waals surface area (Å²) in [6.45, 7) is 7.04. The van der Waals surface area contributed by atoms with Crippen molar-refractivity contribution in [2.24, 2.45) is 5.92 Å². The second-order valence-corrected chi connectivity index (χ2v) is 11.0. The lowest BCUT2D eigenvalue weighted by Gasteiger charge is -2.64. The van der Waals surface area contributed by atoms with E-state index in [-0.39, 0.29) is 11.8 Å². The van der Waals surface area contributed by atoms with Gasteiger partial charge in [0, 0.05) is 24.6 Å². The smallest absolute Gasteiger partial charge is 0.174 e. The average Bonchev–Trinajstić information content (AvgIpc) is 3.63. The quantitative estimate of drug-likeness (QED) is 0.527. The van der Waals surface area contributed by atoms with E-state index in [2.05, 4.69) is 29.7 Å². The second kappa shape index (κ2) is 7.94. The van der Waals surface area contributed by atoms with Gasteiger partial charge in [0.2, 0.25) is 0 Å². The van der Waals surface area contributed by atoms with Gasteiger partial charge in [0.25, 0.3) is 0 Å². The highest BCUT2D eigenvalue weighted by Crippen LogP contribution is 2.66. The van der Waals surface area contributed by atoms with E-state index >= 15 is 0 Å². The van der Waals surface area contributed by atoms with Gasteiger partial charge >= 0.3 is 0 Å². The van der Waals surface area contributed by atoms with Crippen LogP contribution in [0.3, 0.4) is 0 Å². The fourth-order valence-corrected chi connectivity index (χ4v) is 7.58. The lowest BCUT2D eigenvalue weighted by molar-refractivity contribution is -0.209. The molecular weight excluding hydrogens is 438 g/mol. The molecule has 35 heavy (non-hydrogen) atoms. The van der Waals surface area contributed by atoms with Gasteiger partial charge in [-0.25, -0.2) is 0 Å². The molecule has 0 amide bonds. The van der Waals surface area contributed by atoms with E-state index < -0.39 is 17.1 Å². The van der Waals surface area contributed by atoms with Crippen LogP contribution in [0.5, 0.6) is 11.5 Å². The summed E-state index contributed by atoms with van der Waals surface area (Å²) in [6.07, 6.45) is 7.08. The van der Waals surface area contributed by atoms with Crippen LogP contribution < -0.4 is 9.47 Å². The molecule has 0 aromatic heterocycles. The molecule has 5 nitrogen and oxygen atoms in total. The predicted molar refractivity (Wildman–Crippen MR) is 133 cm³/mol. The maximum Gasteiger partial charge on any atom is 0.174 e. The number of benzene rings is 2. The van der Waals surface area contributed by atoms with Crippen LogP contribution >= 0.6 is 0 Å². The van der Waals surface area contributed by atoms with E-state index in [1.165, 1.54) is 24.0 Å². The van der Waals surface area contributed by atoms with Crippen molar-refractivity contribution in [3.8, 4) is 11.5 Å². The summed E-state index contributed by atoms with van der Waals surface area (Å²) >= 11 is 0. The molecule has 1 spiro atoms. The number of carbonyl (C=O) groups is 1. The number of ether oxygens (including phenoxy) is 3. The predicted octanol–water partition coefficient (Wildman–Crippen LogP) is 4.61. The van der Waals surface area contributed by atoms with E-state index in [0.29, 0.717) is 19.6 Å². The Kier molecular flexibility index (Phi) is 4.91. The Morgan fingerprint density at radius 3 is 2.80 bits per heavy atom. The first kappa shape index (κ1) is 21.6. The van der Waals surface area contributed by atoms with Crippen molar-refractivity contribution >= 4 is 5.78 Å². The maximum absolute atomic E-state index is 13.4. The lowest BCUT2D eigenvalue weighted by atomic mass is 9.48. The zero-order chi connectivity index (χ0) is 23.6. The minimum atomic E-state index is -0.498. The first-order chi connectivity index (χ1) is 17.2. The van der Waals surface area contributed by atoms with Crippen LogP contribution in [0.15, 0.2) is 55.1 Å². The monoisotopic (exact) mass is 471 g/mol. The highest BCUT2D eigenvalue weighted by molar-refractivity contribution is 5.90. The van der Waals surface area contributed by atoms with Crippen molar-refractivity contribution in [1.29, 1.82) is 0 Å². The Morgan fingerprint density at radius 1 is 1.14 bits per heavy atom. The molecule has 4 atom stereocenters. The van der Waals surface area contributed by atoms with Crippen molar-refractivity contribution in [1.82, 2.24) is 4.90 Å². The van der Waals surface area contributed by atoms with E-state index in [1.54, 1.807) is 0 Å². The van der Waals surface area contributed by atoms with Crippen LogP contribution in [-0.2, 0) is 28.0 Å². The summed E-state index contributed by atoms with van der Waals surface area (Å²) in [6, 6.07) is 14.7. The Hall–Kier alpha value is -2.63. The first-order valence-electron chi connectivity index (χ1n) is 13.2. The molecule has 2 aliphatic heterocycles. The van der Waals surface area contributed by atoms with Gasteiger partial charge in [-0.1, -0.05) is 42.5 Å². The molecule has 3 aliphatic carbocycles. The molecule has 7 rings (SSSR count). The van der Waals surface area contributed by atoms with Gasteiger partial charge in [-0.2, -0.15) is 0 Å². The second-order valence-electron chi connectivity index (χ2n) is 11.0. The Morgan fingerprint density at radius 2 is 2.00 bits per heavy atom. The third-order valence-electron chi connectivity index (χ3n) is 9.20. The molecule has 182 valence electrons. The number of Topliss-reactive ketones (excluding diaryl/α,β-unsaturated/α-hetero) is 1. The molecule has 0 N–H and O–H groups in total. The van der Waals surface area contributed by atoms with Gasteiger partial charge < -0.3 is 14.2 Å². The highest BCUT2D eigenvalue weighted by atomic mass is 16.5. The average molecular weight is 472 g/mol. The number of nitrogens with zero attached hydrogens (tertiary/aromatic N) is 1. The SMILES string of the molecule is C=CCOC12CCC(=O)[C@@H]3Oc4c(OCc5ccccc5)ccc5c4[C@@]31CCN(CC1CC1)[C@@H]2C5. The standard InChI is InChI=1S/C30H33NO4/c1-2-16-34-30-13-12-23(32)28-29(30)14-15-31(18-20-8-9-20)25(30)17-22-10-11-24(27(35-28)26(22)29)33-19-21-6-4-3-5-7-21/h2-7,10-11,20,25,28H,1,8-9,12-19H2/t25-,28+,29+,30?/m1/s1. The maximum atomic E-state index is 13.4. The molecule has 5 heteroatoms. The number of piperidine rings is 1. The van der Waals surface area contributed by atoms with E-state index in [4.69, 9.17) is 14.2 Å². The summed E-state index contributed by atoms with van der Waals surface area (Å²) in [5.41, 5.74) is 2.70. The summed E-state index contributed by atoms with van der Waals surface area (Å²) in [4.78, 5) is 16.1. The highest BCUT2D eigenvalue weighted by Gasteiger charge is 2.74. The van der Waals surface area contributed by atoms with Crippen LogP contribution in [0, 0.1) is 5.92 Å². The van der Waals surface area contributed by atoms with E-state index in [0.717, 1.165) is 55.3 Å².